The predicted molar refractivity (Wildman–Crippen MR) is 92.6 cm³/mol. The number of nitrogen functional groups attached to an aromatic ring is 1. The van der Waals surface area contributed by atoms with E-state index >= 15 is 0 Å². The van der Waals surface area contributed by atoms with E-state index in [0.29, 0.717) is 32.0 Å². The van der Waals surface area contributed by atoms with Crippen LogP contribution in [0.5, 0.6) is 5.75 Å². The second kappa shape index (κ2) is 7.69. The normalized spacial score (nSPS) is 14.6. The summed E-state index contributed by atoms with van der Waals surface area (Å²) >= 11 is 5.89. The molecule has 3 rings (SSSR count). The van der Waals surface area contributed by atoms with Crippen molar-refractivity contribution in [1.29, 1.82) is 0 Å². The van der Waals surface area contributed by atoms with E-state index in [9.17, 15) is 13.6 Å². The number of carbonyl (C=O) groups is 1. The molecular formula is C16H16ClF2N5O2. The molecular weight excluding hydrogens is 368 g/mol. The van der Waals surface area contributed by atoms with Gasteiger partial charge in [0.05, 0.1) is 5.56 Å². The maximum absolute atomic E-state index is 12.7. The van der Waals surface area contributed by atoms with Gasteiger partial charge in [-0.05, 0) is 12.1 Å². The van der Waals surface area contributed by atoms with Gasteiger partial charge in [0.2, 0.25) is 5.95 Å². The molecule has 1 aliphatic rings. The summed E-state index contributed by atoms with van der Waals surface area (Å²) in [7, 11) is 0. The van der Waals surface area contributed by atoms with Crippen LogP contribution in [0.1, 0.15) is 10.4 Å². The van der Waals surface area contributed by atoms with Crippen molar-refractivity contribution in [3.05, 3.63) is 41.0 Å². The highest BCUT2D eigenvalue weighted by atomic mass is 35.5. The first kappa shape index (κ1) is 18.1. The summed E-state index contributed by atoms with van der Waals surface area (Å²) in [6.07, 6.45) is 0. The third kappa shape index (κ3) is 4.10. The Morgan fingerprint density at radius 3 is 2.54 bits per heavy atom. The SMILES string of the molecule is Nc1nc(Cl)cc(N2CCN(C(=O)c3ccccc3OC(F)F)CC2)n1. The number of piperazine rings is 1. The lowest BCUT2D eigenvalue weighted by atomic mass is 10.1. The van der Waals surface area contributed by atoms with E-state index in [0.717, 1.165) is 0 Å². The summed E-state index contributed by atoms with van der Waals surface area (Å²) in [5, 5.41) is 0.240. The molecule has 2 aromatic rings. The number of halogens is 3. The number of para-hydroxylation sites is 1. The van der Waals surface area contributed by atoms with Crippen LogP contribution in [-0.2, 0) is 0 Å². The first-order valence-electron chi connectivity index (χ1n) is 7.82. The van der Waals surface area contributed by atoms with Crippen molar-refractivity contribution >= 4 is 29.3 Å². The Morgan fingerprint density at radius 1 is 1.19 bits per heavy atom. The predicted octanol–water partition coefficient (Wildman–Crippen LogP) is 2.28. The van der Waals surface area contributed by atoms with Gasteiger partial charge in [-0.25, -0.2) is 4.98 Å². The molecule has 138 valence electrons. The van der Waals surface area contributed by atoms with Crippen LogP contribution < -0.4 is 15.4 Å². The minimum absolute atomic E-state index is 0.0732. The summed E-state index contributed by atoms with van der Waals surface area (Å²) < 4.78 is 29.5. The quantitative estimate of drug-likeness (QED) is 0.815. The zero-order valence-corrected chi connectivity index (χ0v) is 14.4. The summed E-state index contributed by atoms with van der Waals surface area (Å²) in [5.41, 5.74) is 5.71. The molecule has 7 nitrogen and oxygen atoms in total. The smallest absolute Gasteiger partial charge is 0.387 e. The van der Waals surface area contributed by atoms with Gasteiger partial charge < -0.3 is 20.3 Å². The third-order valence-electron chi connectivity index (χ3n) is 3.92. The Hall–Kier alpha value is -2.68. The summed E-state index contributed by atoms with van der Waals surface area (Å²) in [6, 6.07) is 7.56. The second-order valence-corrected chi connectivity index (χ2v) is 5.95. The van der Waals surface area contributed by atoms with Gasteiger partial charge in [-0.1, -0.05) is 23.7 Å². The monoisotopic (exact) mass is 383 g/mol. The van der Waals surface area contributed by atoms with Crippen molar-refractivity contribution < 1.29 is 18.3 Å². The molecule has 10 heteroatoms. The van der Waals surface area contributed by atoms with Crippen molar-refractivity contribution in [2.45, 2.75) is 6.61 Å². The zero-order valence-electron chi connectivity index (χ0n) is 13.6. The molecule has 0 bridgehead atoms. The molecule has 1 saturated heterocycles. The lowest BCUT2D eigenvalue weighted by Crippen LogP contribution is -2.49. The first-order valence-corrected chi connectivity index (χ1v) is 8.20. The highest BCUT2D eigenvalue weighted by molar-refractivity contribution is 6.29. The number of rotatable bonds is 4. The van der Waals surface area contributed by atoms with Crippen LogP contribution >= 0.6 is 11.6 Å². The maximum atomic E-state index is 12.7. The molecule has 0 radical (unpaired) electrons. The second-order valence-electron chi connectivity index (χ2n) is 5.56. The van der Waals surface area contributed by atoms with E-state index in [1.165, 1.54) is 18.2 Å². The first-order chi connectivity index (χ1) is 12.4. The number of aromatic nitrogens is 2. The van der Waals surface area contributed by atoms with Crippen LogP contribution in [0.25, 0.3) is 0 Å². The van der Waals surface area contributed by atoms with Gasteiger partial charge in [0.15, 0.2) is 0 Å². The Balaban J connectivity index is 1.69. The van der Waals surface area contributed by atoms with E-state index in [1.54, 1.807) is 17.0 Å². The lowest BCUT2D eigenvalue weighted by molar-refractivity contribution is -0.0502. The number of benzene rings is 1. The minimum atomic E-state index is -2.99. The molecule has 26 heavy (non-hydrogen) atoms. The van der Waals surface area contributed by atoms with Gasteiger partial charge in [0.25, 0.3) is 5.91 Å². The van der Waals surface area contributed by atoms with E-state index in [4.69, 9.17) is 17.3 Å². The van der Waals surface area contributed by atoms with Crippen LogP contribution in [-0.4, -0.2) is 53.6 Å². The summed E-state index contributed by atoms with van der Waals surface area (Å²) in [4.78, 5) is 24.1. The number of carbonyl (C=O) groups excluding carboxylic acids is 1. The standard InChI is InChI=1S/C16H16ClF2N5O2/c17-12-9-13(22-16(20)21-12)23-5-7-24(8-6-23)14(25)10-3-1-2-4-11(10)26-15(18)19/h1-4,9,15H,5-8H2,(H2,20,21,22). The fourth-order valence-electron chi connectivity index (χ4n) is 2.74. The van der Waals surface area contributed by atoms with Crippen molar-refractivity contribution in [2.24, 2.45) is 0 Å². The van der Waals surface area contributed by atoms with Gasteiger partial charge >= 0.3 is 6.61 Å². The average Bonchev–Trinajstić information content (AvgIpc) is 2.60. The van der Waals surface area contributed by atoms with Gasteiger partial charge in [0.1, 0.15) is 16.7 Å². The van der Waals surface area contributed by atoms with Crippen molar-refractivity contribution in [3.63, 3.8) is 0 Å². The molecule has 0 aliphatic carbocycles. The Bertz CT molecular complexity index is 780. The highest BCUT2D eigenvalue weighted by Gasteiger charge is 2.25. The molecule has 1 fully saturated rings. The van der Waals surface area contributed by atoms with Gasteiger partial charge in [-0.3, -0.25) is 4.79 Å². The molecule has 1 aromatic heterocycles. The molecule has 2 N–H and O–H groups in total. The number of anilines is 2. The number of nitrogens with zero attached hydrogens (tertiary/aromatic N) is 4. The van der Waals surface area contributed by atoms with E-state index in [1.807, 2.05) is 4.90 Å². The van der Waals surface area contributed by atoms with E-state index in [-0.39, 0.29) is 28.3 Å². The van der Waals surface area contributed by atoms with Gasteiger partial charge in [0, 0.05) is 32.2 Å². The molecule has 0 spiro atoms. The van der Waals surface area contributed by atoms with Crippen molar-refractivity contribution in [1.82, 2.24) is 14.9 Å². The fourth-order valence-corrected chi connectivity index (χ4v) is 2.92. The topological polar surface area (TPSA) is 84.6 Å². The number of ether oxygens (including phenoxy) is 1. The molecule has 1 aliphatic heterocycles. The Kier molecular flexibility index (Phi) is 5.36. The minimum Gasteiger partial charge on any atom is -0.434 e. The molecule has 0 unspecified atom stereocenters. The number of amides is 1. The zero-order chi connectivity index (χ0) is 18.7. The largest absolute Gasteiger partial charge is 0.434 e. The molecule has 1 aromatic carbocycles. The lowest BCUT2D eigenvalue weighted by Gasteiger charge is -2.35. The van der Waals surface area contributed by atoms with Crippen LogP contribution in [0.2, 0.25) is 5.15 Å². The van der Waals surface area contributed by atoms with Crippen LogP contribution in [0.3, 0.4) is 0 Å². The van der Waals surface area contributed by atoms with Gasteiger partial charge in [-0.2, -0.15) is 13.8 Å². The number of hydrogen-bond acceptors (Lipinski definition) is 6. The van der Waals surface area contributed by atoms with Crippen molar-refractivity contribution in [3.8, 4) is 5.75 Å². The molecule has 2 heterocycles. The Labute approximate surface area is 153 Å². The third-order valence-corrected chi connectivity index (χ3v) is 4.12. The number of nitrogens with two attached hydrogens (primary N) is 1. The van der Waals surface area contributed by atoms with Crippen LogP contribution in [0.4, 0.5) is 20.5 Å². The highest BCUT2D eigenvalue weighted by Crippen LogP contribution is 2.24. The molecule has 0 atom stereocenters. The van der Waals surface area contributed by atoms with Gasteiger partial charge in [-0.15, -0.1) is 0 Å². The summed E-state index contributed by atoms with van der Waals surface area (Å²) in [6.45, 7) is -1.21. The summed E-state index contributed by atoms with van der Waals surface area (Å²) in [5.74, 6) is 0.159. The Morgan fingerprint density at radius 2 is 1.88 bits per heavy atom. The van der Waals surface area contributed by atoms with Crippen LogP contribution in [0.15, 0.2) is 30.3 Å². The number of hydrogen-bond donors (Lipinski definition) is 1. The van der Waals surface area contributed by atoms with Crippen molar-refractivity contribution in [2.75, 3.05) is 36.8 Å². The fraction of sp³-hybridized carbons (Fsp3) is 0.312. The average molecular weight is 384 g/mol. The van der Waals surface area contributed by atoms with E-state index in [2.05, 4.69) is 14.7 Å². The van der Waals surface area contributed by atoms with Crippen LogP contribution in [0, 0.1) is 0 Å². The van der Waals surface area contributed by atoms with E-state index < -0.39 is 6.61 Å². The number of alkyl halides is 2. The molecule has 1 amide bonds. The molecule has 0 saturated carbocycles. The maximum Gasteiger partial charge on any atom is 0.387 e.